The fourth-order valence-electron chi connectivity index (χ4n) is 3.39. The van der Waals surface area contributed by atoms with Crippen LogP contribution < -0.4 is 5.32 Å². The molecule has 1 atom stereocenters. The van der Waals surface area contributed by atoms with E-state index in [1.54, 1.807) is 0 Å². The molecule has 1 aromatic heterocycles. The lowest BCUT2D eigenvalue weighted by molar-refractivity contribution is 0.155. The molecule has 0 spiro atoms. The van der Waals surface area contributed by atoms with Gasteiger partial charge in [-0.1, -0.05) is 67.9 Å². The molecule has 0 bridgehead atoms. The maximum atomic E-state index is 13.1. The van der Waals surface area contributed by atoms with Crippen molar-refractivity contribution in [1.82, 2.24) is 14.8 Å². The molecule has 5 heteroatoms. The van der Waals surface area contributed by atoms with Gasteiger partial charge < -0.3 is 14.8 Å². The van der Waals surface area contributed by atoms with Gasteiger partial charge in [-0.25, -0.2) is 4.79 Å². The van der Waals surface area contributed by atoms with E-state index in [0.717, 1.165) is 28.4 Å². The van der Waals surface area contributed by atoms with Gasteiger partial charge in [-0.15, -0.1) is 0 Å². The lowest BCUT2D eigenvalue weighted by atomic mass is 10.0. The Morgan fingerprint density at radius 3 is 2.43 bits per heavy atom. The Balaban J connectivity index is 1.74. The summed E-state index contributed by atoms with van der Waals surface area (Å²) in [6, 6.07) is 22.0. The Morgan fingerprint density at radius 1 is 1.00 bits per heavy atom. The number of nitrogens with one attached hydrogen (secondary N) is 1. The minimum atomic E-state index is -0.0458. The van der Waals surface area contributed by atoms with Crippen LogP contribution in [0.25, 0.3) is 0 Å². The molecule has 0 saturated heterocycles. The molecule has 0 aliphatic carbocycles. The van der Waals surface area contributed by atoms with Gasteiger partial charge in [-0.05, 0) is 48.2 Å². The van der Waals surface area contributed by atoms with Crippen LogP contribution in [0.15, 0.2) is 72.9 Å². The molecule has 30 heavy (non-hydrogen) atoms. The molecule has 158 valence electrons. The molecule has 0 radical (unpaired) electrons. The first kappa shape index (κ1) is 22.0. The highest BCUT2D eigenvalue weighted by atomic mass is 35.5. The number of aromatic nitrogens is 1. The van der Waals surface area contributed by atoms with Crippen LogP contribution in [-0.4, -0.2) is 21.5 Å². The van der Waals surface area contributed by atoms with Gasteiger partial charge >= 0.3 is 6.03 Å². The second-order valence-electron chi connectivity index (χ2n) is 8.01. The Morgan fingerprint density at radius 2 is 1.73 bits per heavy atom. The van der Waals surface area contributed by atoms with Crippen LogP contribution in [0.3, 0.4) is 0 Å². The van der Waals surface area contributed by atoms with E-state index in [2.05, 4.69) is 49.0 Å². The zero-order valence-corrected chi connectivity index (χ0v) is 18.6. The van der Waals surface area contributed by atoms with Crippen molar-refractivity contribution >= 4 is 17.6 Å². The third kappa shape index (κ3) is 5.90. The predicted octanol–water partition coefficient (Wildman–Crippen LogP) is 5.95. The van der Waals surface area contributed by atoms with Crippen LogP contribution in [0.1, 0.15) is 37.6 Å². The smallest absolute Gasteiger partial charge is 0.318 e. The van der Waals surface area contributed by atoms with Crippen molar-refractivity contribution in [3.63, 3.8) is 0 Å². The second kappa shape index (κ2) is 10.4. The summed E-state index contributed by atoms with van der Waals surface area (Å²) in [5.74, 6) is 0.351. The highest BCUT2D eigenvalue weighted by Gasteiger charge is 2.23. The maximum Gasteiger partial charge on any atom is 0.318 e. The summed E-state index contributed by atoms with van der Waals surface area (Å²) in [4.78, 5) is 15.0. The molecule has 3 aromatic rings. The number of nitrogens with zero attached hydrogens (tertiary/aromatic N) is 2. The number of urea groups is 1. The van der Waals surface area contributed by atoms with Gasteiger partial charge in [0.15, 0.2) is 0 Å². The monoisotopic (exact) mass is 423 g/mol. The molecular weight excluding hydrogens is 394 g/mol. The molecule has 1 heterocycles. The predicted molar refractivity (Wildman–Crippen MR) is 124 cm³/mol. The van der Waals surface area contributed by atoms with Crippen molar-refractivity contribution in [3.05, 3.63) is 94.8 Å². The summed E-state index contributed by atoms with van der Waals surface area (Å²) < 4.78 is 2.18. The van der Waals surface area contributed by atoms with Gasteiger partial charge in [-0.3, -0.25) is 0 Å². The normalized spacial score (nSPS) is 12.0. The molecule has 0 saturated carbocycles. The van der Waals surface area contributed by atoms with Gasteiger partial charge in [-0.2, -0.15) is 0 Å². The van der Waals surface area contributed by atoms with E-state index in [-0.39, 0.29) is 12.1 Å². The summed E-state index contributed by atoms with van der Waals surface area (Å²) in [6.45, 7) is 8.19. The zero-order chi connectivity index (χ0) is 21.5. The Kier molecular flexibility index (Phi) is 7.58. The Labute approximate surface area is 184 Å². The summed E-state index contributed by atoms with van der Waals surface area (Å²) in [5.41, 5.74) is 3.32. The lowest BCUT2D eigenvalue weighted by Gasteiger charge is -2.32. The highest BCUT2D eigenvalue weighted by molar-refractivity contribution is 6.30. The van der Waals surface area contributed by atoms with E-state index < -0.39 is 0 Å². The van der Waals surface area contributed by atoms with Crippen molar-refractivity contribution < 1.29 is 4.79 Å². The van der Waals surface area contributed by atoms with E-state index in [1.807, 2.05) is 59.5 Å². The molecular formula is C25H30ClN3O. The van der Waals surface area contributed by atoms with E-state index >= 15 is 0 Å². The lowest BCUT2D eigenvalue weighted by Crippen LogP contribution is -2.46. The van der Waals surface area contributed by atoms with Crippen LogP contribution in [0.2, 0.25) is 5.02 Å². The molecule has 0 aliphatic rings. The number of hydrogen-bond acceptors (Lipinski definition) is 1. The fourth-order valence-corrected chi connectivity index (χ4v) is 3.60. The maximum absolute atomic E-state index is 13.1. The van der Waals surface area contributed by atoms with Crippen LogP contribution >= 0.6 is 11.6 Å². The van der Waals surface area contributed by atoms with Crippen molar-refractivity contribution in [2.24, 2.45) is 5.92 Å². The molecule has 2 amide bonds. The first-order valence-corrected chi connectivity index (χ1v) is 10.8. The van der Waals surface area contributed by atoms with Crippen LogP contribution in [0.4, 0.5) is 4.79 Å². The number of hydrogen-bond donors (Lipinski definition) is 1. The summed E-state index contributed by atoms with van der Waals surface area (Å²) >= 11 is 6.14. The first-order valence-electron chi connectivity index (χ1n) is 10.4. The fraction of sp³-hybridized carbons (Fsp3) is 0.320. The average Bonchev–Trinajstić information content (AvgIpc) is 3.17. The number of benzene rings is 2. The second-order valence-corrected chi connectivity index (χ2v) is 8.45. The number of rotatable bonds is 8. The molecule has 2 aromatic carbocycles. The van der Waals surface area contributed by atoms with Gasteiger partial charge in [0.05, 0.1) is 6.54 Å². The number of amides is 2. The topological polar surface area (TPSA) is 37.3 Å². The average molecular weight is 424 g/mol. The molecule has 3 rings (SSSR count). The number of carbonyl (C=O) groups is 1. The standard InChI is InChI=1S/C25H30ClN3O/c1-19(2)20(3)29(25(30)27-16-21-9-5-4-6-10-21)18-24-13-8-14-28(24)17-22-11-7-12-23(26)15-22/h4-15,19-20H,16-18H2,1-3H3,(H,27,30)/t20-/m0/s1. The van der Waals surface area contributed by atoms with Crippen LogP contribution in [-0.2, 0) is 19.6 Å². The largest absolute Gasteiger partial charge is 0.345 e. The third-order valence-corrected chi connectivity index (χ3v) is 5.74. The summed E-state index contributed by atoms with van der Waals surface area (Å²) in [7, 11) is 0. The minimum Gasteiger partial charge on any atom is -0.345 e. The van der Waals surface area contributed by atoms with Gasteiger partial charge in [0.2, 0.25) is 0 Å². The first-order chi connectivity index (χ1) is 14.4. The third-order valence-electron chi connectivity index (χ3n) is 5.50. The highest BCUT2D eigenvalue weighted by Crippen LogP contribution is 2.18. The Hall–Kier alpha value is -2.72. The molecule has 0 unspecified atom stereocenters. The molecule has 4 nitrogen and oxygen atoms in total. The van der Waals surface area contributed by atoms with Gasteiger partial charge in [0, 0.05) is 36.0 Å². The van der Waals surface area contributed by atoms with E-state index in [1.165, 1.54) is 0 Å². The number of carbonyl (C=O) groups excluding carboxylic acids is 1. The quantitative estimate of drug-likeness (QED) is 0.477. The van der Waals surface area contributed by atoms with E-state index in [0.29, 0.717) is 19.0 Å². The van der Waals surface area contributed by atoms with Crippen molar-refractivity contribution in [2.45, 2.75) is 46.4 Å². The van der Waals surface area contributed by atoms with Gasteiger partial charge in [0.25, 0.3) is 0 Å². The van der Waals surface area contributed by atoms with Crippen molar-refractivity contribution in [1.29, 1.82) is 0 Å². The van der Waals surface area contributed by atoms with E-state index in [4.69, 9.17) is 11.6 Å². The van der Waals surface area contributed by atoms with E-state index in [9.17, 15) is 4.79 Å². The summed E-state index contributed by atoms with van der Waals surface area (Å²) in [5, 5.41) is 3.82. The molecule has 0 fully saturated rings. The van der Waals surface area contributed by atoms with Gasteiger partial charge in [0.1, 0.15) is 0 Å². The summed E-state index contributed by atoms with van der Waals surface area (Å²) in [6.07, 6.45) is 2.05. The Bertz CT molecular complexity index is 952. The van der Waals surface area contributed by atoms with Crippen LogP contribution in [0.5, 0.6) is 0 Å². The molecule has 0 aliphatic heterocycles. The SMILES string of the molecule is CC(C)[C@H](C)N(Cc1cccn1Cc1cccc(Cl)c1)C(=O)NCc1ccccc1. The zero-order valence-electron chi connectivity index (χ0n) is 17.9. The number of halogens is 1. The van der Waals surface area contributed by atoms with Crippen molar-refractivity contribution in [3.8, 4) is 0 Å². The van der Waals surface area contributed by atoms with Crippen molar-refractivity contribution in [2.75, 3.05) is 0 Å². The van der Waals surface area contributed by atoms with Crippen LogP contribution in [0, 0.1) is 5.92 Å². The minimum absolute atomic E-state index is 0.0458. The molecule has 1 N–H and O–H groups in total.